The zero-order valence-corrected chi connectivity index (χ0v) is 18.2. The van der Waals surface area contributed by atoms with Crippen molar-refractivity contribution in [2.24, 2.45) is 0 Å². The Hall–Kier alpha value is -2.94. The van der Waals surface area contributed by atoms with Gasteiger partial charge in [-0.2, -0.15) is 0 Å². The second-order valence-electron chi connectivity index (χ2n) is 6.54. The molecule has 9 heteroatoms. The topological polar surface area (TPSA) is 117 Å². The highest BCUT2D eigenvalue weighted by Crippen LogP contribution is 2.20. The van der Waals surface area contributed by atoms with Crippen LogP contribution < -0.4 is 10.6 Å². The molecular formula is C20H22BrN3O5. The Morgan fingerprint density at radius 2 is 1.79 bits per heavy atom. The molecule has 29 heavy (non-hydrogen) atoms. The lowest BCUT2D eigenvalue weighted by Crippen LogP contribution is -2.35. The molecule has 0 aliphatic carbocycles. The summed E-state index contributed by atoms with van der Waals surface area (Å²) in [5.41, 5.74) is 3.11. The van der Waals surface area contributed by atoms with Gasteiger partial charge >= 0.3 is 5.97 Å². The quantitative estimate of drug-likeness (QED) is 0.430. The van der Waals surface area contributed by atoms with E-state index < -0.39 is 24.4 Å². The molecule has 154 valence electrons. The molecule has 0 spiro atoms. The maximum atomic E-state index is 12.2. The number of Topliss-reactive ketones (excluding diaryl/α,β-unsaturated/α-hetero) is 1. The van der Waals surface area contributed by atoms with E-state index in [0.717, 1.165) is 10.0 Å². The van der Waals surface area contributed by atoms with E-state index in [4.69, 9.17) is 4.74 Å². The Morgan fingerprint density at radius 1 is 1.10 bits per heavy atom. The fourth-order valence-electron chi connectivity index (χ4n) is 2.88. The van der Waals surface area contributed by atoms with Crippen LogP contribution in [0.2, 0.25) is 0 Å². The van der Waals surface area contributed by atoms with E-state index in [1.54, 1.807) is 26.0 Å². The van der Waals surface area contributed by atoms with E-state index in [-0.39, 0.29) is 18.0 Å². The first-order valence-corrected chi connectivity index (χ1v) is 9.59. The molecule has 2 rings (SSSR count). The number of ketones is 1. The summed E-state index contributed by atoms with van der Waals surface area (Å²) in [7, 11) is 0. The molecule has 0 aliphatic rings. The number of hydrogen-bond acceptors (Lipinski definition) is 5. The van der Waals surface area contributed by atoms with Gasteiger partial charge in [-0.15, -0.1) is 0 Å². The molecule has 0 atom stereocenters. The van der Waals surface area contributed by atoms with Crippen LogP contribution in [0.5, 0.6) is 0 Å². The van der Waals surface area contributed by atoms with Crippen molar-refractivity contribution >= 4 is 45.2 Å². The number of ether oxygens (including phenoxy) is 1. The lowest BCUT2D eigenvalue weighted by molar-refractivity contribution is -0.126. The Balaban J connectivity index is 1.84. The summed E-state index contributed by atoms with van der Waals surface area (Å²) in [6.45, 7) is 5.76. The van der Waals surface area contributed by atoms with Gasteiger partial charge in [0.2, 0.25) is 5.91 Å². The van der Waals surface area contributed by atoms with Crippen LogP contribution in [-0.2, 0) is 14.3 Å². The number of nitrogens with one attached hydrogen (secondary N) is 3. The van der Waals surface area contributed by atoms with Crippen molar-refractivity contribution in [2.75, 3.05) is 18.5 Å². The first-order valence-electron chi connectivity index (χ1n) is 8.80. The van der Waals surface area contributed by atoms with Gasteiger partial charge in [-0.25, -0.2) is 4.79 Å². The number of benzene rings is 1. The normalized spacial score (nSPS) is 10.4. The van der Waals surface area contributed by atoms with Crippen LogP contribution in [0.4, 0.5) is 5.69 Å². The molecule has 8 nitrogen and oxygen atoms in total. The average molecular weight is 464 g/mol. The first-order chi connectivity index (χ1) is 13.6. The highest BCUT2D eigenvalue weighted by Gasteiger charge is 2.21. The number of esters is 1. The number of carbonyl (C=O) groups is 4. The molecule has 0 saturated heterocycles. The summed E-state index contributed by atoms with van der Waals surface area (Å²) in [5.74, 6) is -1.94. The summed E-state index contributed by atoms with van der Waals surface area (Å²) in [5, 5.41) is 5.08. The molecule has 0 fully saturated rings. The number of H-pyrrole nitrogens is 1. The largest absolute Gasteiger partial charge is 0.451 e. The number of rotatable bonds is 7. The third-order valence-electron chi connectivity index (χ3n) is 4.24. The third-order valence-corrected chi connectivity index (χ3v) is 4.73. The van der Waals surface area contributed by atoms with Crippen molar-refractivity contribution in [1.82, 2.24) is 10.3 Å². The zero-order valence-electron chi connectivity index (χ0n) is 16.6. The predicted octanol–water partition coefficient (Wildman–Crippen LogP) is 2.82. The molecule has 3 N–H and O–H groups in total. The number of amides is 2. The van der Waals surface area contributed by atoms with E-state index in [9.17, 15) is 19.2 Å². The molecule has 0 bridgehead atoms. The summed E-state index contributed by atoms with van der Waals surface area (Å²) in [6, 6.07) is 5.40. The molecule has 1 aromatic carbocycles. The highest BCUT2D eigenvalue weighted by atomic mass is 79.9. The fraction of sp³-hybridized carbons (Fsp3) is 0.300. The van der Waals surface area contributed by atoms with Crippen molar-refractivity contribution in [3.8, 4) is 0 Å². The molecule has 2 aromatic rings. The second kappa shape index (κ2) is 9.51. The lowest BCUT2D eigenvalue weighted by atomic mass is 10.1. The van der Waals surface area contributed by atoms with Crippen LogP contribution in [0, 0.1) is 20.8 Å². The highest BCUT2D eigenvalue weighted by molar-refractivity contribution is 9.10. The summed E-state index contributed by atoms with van der Waals surface area (Å²) in [6.07, 6.45) is 0. The maximum absolute atomic E-state index is 12.2. The van der Waals surface area contributed by atoms with Gasteiger partial charge < -0.3 is 20.4 Å². The van der Waals surface area contributed by atoms with Crippen molar-refractivity contribution < 1.29 is 23.9 Å². The standard InChI is InChI=1S/C20H22BrN3O5/c1-10-7-14(21)5-6-15(10)24-16(26)8-22-17(27)9-29-20(28)19-11(2)18(13(4)25)12(3)23-19/h5-7,23H,8-9H2,1-4H3,(H,22,27)(H,24,26). The summed E-state index contributed by atoms with van der Waals surface area (Å²) < 4.78 is 5.87. The molecule has 1 heterocycles. The first kappa shape index (κ1) is 22.4. The molecule has 0 aliphatic heterocycles. The number of anilines is 1. The fourth-order valence-corrected chi connectivity index (χ4v) is 3.35. The Labute approximate surface area is 176 Å². The van der Waals surface area contributed by atoms with Gasteiger partial charge in [-0.3, -0.25) is 14.4 Å². The zero-order chi connectivity index (χ0) is 21.7. The van der Waals surface area contributed by atoms with Crippen LogP contribution in [0.25, 0.3) is 0 Å². The molecule has 0 unspecified atom stereocenters. The number of aromatic amines is 1. The van der Waals surface area contributed by atoms with E-state index in [0.29, 0.717) is 22.5 Å². The van der Waals surface area contributed by atoms with E-state index >= 15 is 0 Å². The Bertz CT molecular complexity index is 981. The van der Waals surface area contributed by atoms with Gasteiger partial charge in [-0.1, -0.05) is 15.9 Å². The van der Waals surface area contributed by atoms with E-state index in [1.807, 2.05) is 13.0 Å². The summed E-state index contributed by atoms with van der Waals surface area (Å²) in [4.78, 5) is 50.5. The molecule has 2 amide bonds. The minimum atomic E-state index is -0.747. The number of aromatic nitrogens is 1. The third kappa shape index (κ3) is 5.77. The molecule has 0 radical (unpaired) electrons. The number of carbonyl (C=O) groups excluding carboxylic acids is 4. The predicted molar refractivity (Wildman–Crippen MR) is 111 cm³/mol. The second-order valence-corrected chi connectivity index (χ2v) is 7.46. The van der Waals surface area contributed by atoms with Crippen molar-refractivity contribution in [3.05, 3.63) is 50.8 Å². The van der Waals surface area contributed by atoms with Gasteiger partial charge in [0.15, 0.2) is 12.4 Å². The minimum Gasteiger partial charge on any atom is -0.451 e. The van der Waals surface area contributed by atoms with Crippen molar-refractivity contribution in [2.45, 2.75) is 27.7 Å². The van der Waals surface area contributed by atoms with Gasteiger partial charge in [0.25, 0.3) is 5.91 Å². The van der Waals surface area contributed by atoms with E-state index in [1.165, 1.54) is 6.92 Å². The Kier molecular flexibility index (Phi) is 7.33. The monoisotopic (exact) mass is 463 g/mol. The van der Waals surface area contributed by atoms with Crippen LogP contribution in [0.1, 0.15) is 44.6 Å². The molecule has 0 saturated carbocycles. The number of hydrogen-bond donors (Lipinski definition) is 3. The maximum Gasteiger partial charge on any atom is 0.355 e. The van der Waals surface area contributed by atoms with Gasteiger partial charge in [-0.05, 0) is 57.0 Å². The van der Waals surface area contributed by atoms with Crippen LogP contribution in [0.15, 0.2) is 22.7 Å². The number of halogens is 1. The smallest absolute Gasteiger partial charge is 0.355 e. The average Bonchev–Trinajstić information content (AvgIpc) is 2.94. The SMILES string of the molecule is CC(=O)c1c(C)[nH]c(C(=O)OCC(=O)NCC(=O)Nc2ccc(Br)cc2C)c1C. The number of aryl methyl sites for hydroxylation is 2. The lowest BCUT2D eigenvalue weighted by Gasteiger charge is -2.10. The molecular weight excluding hydrogens is 442 g/mol. The van der Waals surface area contributed by atoms with Gasteiger partial charge in [0, 0.05) is 21.4 Å². The van der Waals surface area contributed by atoms with Crippen molar-refractivity contribution in [1.29, 1.82) is 0 Å². The van der Waals surface area contributed by atoms with Crippen molar-refractivity contribution in [3.63, 3.8) is 0 Å². The minimum absolute atomic E-state index is 0.129. The Morgan fingerprint density at radius 3 is 2.38 bits per heavy atom. The summed E-state index contributed by atoms with van der Waals surface area (Å²) >= 11 is 3.34. The van der Waals surface area contributed by atoms with Crippen LogP contribution in [0.3, 0.4) is 0 Å². The molecule has 1 aromatic heterocycles. The van der Waals surface area contributed by atoms with Gasteiger partial charge in [0.1, 0.15) is 5.69 Å². The van der Waals surface area contributed by atoms with E-state index in [2.05, 4.69) is 31.5 Å². The van der Waals surface area contributed by atoms with Crippen LogP contribution in [-0.4, -0.2) is 41.7 Å². The van der Waals surface area contributed by atoms with Crippen LogP contribution >= 0.6 is 15.9 Å². The van der Waals surface area contributed by atoms with Gasteiger partial charge in [0.05, 0.1) is 6.54 Å².